The van der Waals surface area contributed by atoms with Crippen LogP contribution in [0.4, 0.5) is 8.78 Å². The van der Waals surface area contributed by atoms with Crippen molar-refractivity contribution in [2.75, 3.05) is 20.3 Å². The number of halogens is 2. The molecule has 128 valence electrons. The molecule has 0 radical (unpaired) electrons. The van der Waals surface area contributed by atoms with E-state index >= 15 is 0 Å². The number of hydrogen-bond donors (Lipinski definition) is 2. The van der Waals surface area contributed by atoms with Crippen LogP contribution in [0.15, 0.2) is 23.1 Å². The second kappa shape index (κ2) is 7.33. The zero-order valence-corrected chi connectivity index (χ0v) is 13.3. The molecule has 1 unspecified atom stereocenters. The Morgan fingerprint density at radius 2 is 2.17 bits per heavy atom. The van der Waals surface area contributed by atoms with E-state index in [0.717, 1.165) is 0 Å². The Bertz CT molecular complexity index is 679. The predicted molar refractivity (Wildman–Crippen MR) is 79.1 cm³/mol. The molecular weight excluding hydrogens is 330 g/mol. The van der Waals surface area contributed by atoms with Crippen LogP contribution < -0.4 is 10.0 Å². The summed E-state index contributed by atoms with van der Waals surface area (Å²) in [5.41, 5.74) is 0.527. The lowest BCUT2D eigenvalue weighted by Gasteiger charge is -2.25. The average molecular weight is 348 g/mol. The summed E-state index contributed by atoms with van der Waals surface area (Å²) in [6, 6.07) is 2.70. The number of benzene rings is 1. The van der Waals surface area contributed by atoms with E-state index in [-0.39, 0.29) is 23.4 Å². The molecule has 0 saturated heterocycles. The highest BCUT2D eigenvalue weighted by Gasteiger charge is 2.31. The first-order valence-electron chi connectivity index (χ1n) is 7.05. The normalized spacial score (nSPS) is 17.9. The third kappa shape index (κ3) is 4.24. The lowest BCUT2D eigenvalue weighted by Crippen LogP contribution is -2.45. The molecule has 0 aromatic heterocycles. The molecule has 0 spiro atoms. The van der Waals surface area contributed by atoms with Crippen molar-refractivity contribution in [3.05, 3.63) is 29.3 Å². The number of nitrogens with one attached hydrogen (secondary N) is 2. The molecule has 6 nitrogen and oxygen atoms in total. The standard InChI is InChI=1S/C14H18F2N2O4S/c1-22-6-2-5-17-23(20,21)10-4-3-9-7-12(13(15)16)18-14(19)11(9)8-10/h3-4,8,12-13,17H,2,5-7H2,1H3,(H,18,19). The quantitative estimate of drug-likeness (QED) is 0.718. The molecule has 0 saturated carbocycles. The van der Waals surface area contributed by atoms with Gasteiger partial charge in [0, 0.05) is 25.8 Å². The molecule has 2 N–H and O–H groups in total. The number of hydrogen-bond acceptors (Lipinski definition) is 4. The fraction of sp³-hybridized carbons (Fsp3) is 0.500. The van der Waals surface area contributed by atoms with Gasteiger partial charge in [0.05, 0.1) is 10.9 Å². The molecule has 1 aromatic carbocycles. The van der Waals surface area contributed by atoms with E-state index in [2.05, 4.69) is 10.0 Å². The van der Waals surface area contributed by atoms with Crippen molar-refractivity contribution in [3.8, 4) is 0 Å². The van der Waals surface area contributed by atoms with Crippen molar-refractivity contribution in [2.45, 2.75) is 30.2 Å². The van der Waals surface area contributed by atoms with E-state index in [0.29, 0.717) is 18.6 Å². The van der Waals surface area contributed by atoms with Crippen LogP contribution in [-0.2, 0) is 21.2 Å². The maximum atomic E-state index is 12.7. The van der Waals surface area contributed by atoms with Gasteiger partial charge in [-0.1, -0.05) is 6.07 Å². The Balaban J connectivity index is 2.18. The fourth-order valence-electron chi connectivity index (χ4n) is 2.30. The molecule has 0 aliphatic carbocycles. The summed E-state index contributed by atoms with van der Waals surface area (Å²) < 4.78 is 57.0. The number of methoxy groups -OCH3 is 1. The van der Waals surface area contributed by atoms with Crippen molar-refractivity contribution in [1.29, 1.82) is 0 Å². The number of carbonyl (C=O) groups excluding carboxylic acids is 1. The van der Waals surface area contributed by atoms with Crippen LogP contribution in [0.25, 0.3) is 0 Å². The first kappa shape index (κ1) is 17.8. The Morgan fingerprint density at radius 1 is 1.43 bits per heavy atom. The van der Waals surface area contributed by atoms with E-state index in [4.69, 9.17) is 4.74 Å². The molecule has 1 aliphatic rings. The van der Waals surface area contributed by atoms with E-state index in [1.807, 2.05) is 0 Å². The minimum Gasteiger partial charge on any atom is -0.385 e. The van der Waals surface area contributed by atoms with Crippen LogP contribution in [0.1, 0.15) is 22.3 Å². The van der Waals surface area contributed by atoms with Gasteiger partial charge in [-0.3, -0.25) is 4.79 Å². The third-order valence-electron chi connectivity index (χ3n) is 3.51. The number of carbonyl (C=O) groups is 1. The van der Waals surface area contributed by atoms with Gasteiger partial charge in [0.2, 0.25) is 10.0 Å². The molecular formula is C14H18F2N2O4S. The van der Waals surface area contributed by atoms with Crippen LogP contribution in [0.2, 0.25) is 0 Å². The van der Waals surface area contributed by atoms with Gasteiger partial charge in [0.15, 0.2) is 0 Å². The zero-order valence-electron chi connectivity index (χ0n) is 12.5. The van der Waals surface area contributed by atoms with Crippen molar-refractivity contribution >= 4 is 15.9 Å². The lowest BCUT2D eigenvalue weighted by molar-refractivity contribution is 0.0715. The van der Waals surface area contributed by atoms with E-state index in [1.165, 1.54) is 25.3 Å². The summed E-state index contributed by atoms with van der Waals surface area (Å²) in [6.45, 7) is 0.622. The fourth-order valence-corrected chi connectivity index (χ4v) is 3.40. The van der Waals surface area contributed by atoms with Gasteiger partial charge in [0.1, 0.15) is 0 Å². The summed E-state index contributed by atoms with van der Waals surface area (Å²) in [6.07, 6.45) is -2.18. The molecule has 0 fully saturated rings. The molecule has 2 rings (SSSR count). The van der Waals surface area contributed by atoms with Gasteiger partial charge in [0.25, 0.3) is 12.3 Å². The molecule has 9 heteroatoms. The molecule has 1 aliphatic heterocycles. The number of amides is 1. The van der Waals surface area contributed by atoms with E-state index in [9.17, 15) is 22.0 Å². The van der Waals surface area contributed by atoms with E-state index < -0.39 is 28.4 Å². The number of sulfonamides is 1. The highest BCUT2D eigenvalue weighted by atomic mass is 32.2. The SMILES string of the molecule is COCCCNS(=O)(=O)c1ccc2c(c1)C(=O)NC(C(F)F)C2. The Labute approximate surface area is 133 Å². The molecule has 1 amide bonds. The molecule has 23 heavy (non-hydrogen) atoms. The third-order valence-corrected chi connectivity index (χ3v) is 4.97. The number of rotatable bonds is 7. The molecule has 1 heterocycles. The van der Waals surface area contributed by atoms with Gasteiger partial charge < -0.3 is 10.1 Å². The van der Waals surface area contributed by atoms with Crippen LogP contribution in [-0.4, -0.2) is 47.1 Å². The zero-order chi connectivity index (χ0) is 17.0. The summed E-state index contributed by atoms with van der Waals surface area (Å²) in [7, 11) is -2.24. The molecule has 0 bridgehead atoms. The van der Waals surface area contributed by atoms with Crippen LogP contribution in [0, 0.1) is 0 Å². The summed E-state index contributed by atoms with van der Waals surface area (Å²) in [4.78, 5) is 11.8. The first-order chi connectivity index (χ1) is 10.8. The molecule has 1 atom stereocenters. The van der Waals surface area contributed by atoms with Gasteiger partial charge in [-0.15, -0.1) is 0 Å². The number of ether oxygens (including phenoxy) is 1. The second-order valence-corrected chi connectivity index (χ2v) is 6.95. The molecule has 1 aromatic rings. The van der Waals surface area contributed by atoms with Crippen LogP contribution in [0.3, 0.4) is 0 Å². The van der Waals surface area contributed by atoms with Gasteiger partial charge in [-0.05, 0) is 30.5 Å². The smallest absolute Gasteiger partial charge is 0.258 e. The van der Waals surface area contributed by atoms with Crippen molar-refractivity contribution in [1.82, 2.24) is 10.0 Å². The summed E-state index contributed by atoms with van der Waals surface area (Å²) in [5, 5.41) is 2.19. The topological polar surface area (TPSA) is 84.5 Å². The maximum absolute atomic E-state index is 12.7. The average Bonchev–Trinajstić information content (AvgIpc) is 2.51. The Morgan fingerprint density at radius 3 is 2.83 bits per heavy atom. The van der Waals surface area contributed by atoms with Crippen molar-refractivity contribution in [3.63, 3.8) is 0 Å². The van der Waals surface area contributed by atoms with Gasteiger partial charge >= 0.3 is 0 Å². The van der Waals surface area contributed by atoms with Crippen molar-refractivity contribution < 1.29 is 26.7 Å². The largest absolute Gasteiger partial charge is 0.385 e. The summed E-state index contributed by atoms with van der Waals surface area (Å²) in [5.74, 6) is -0.687. The summed E-state index contributed by atoms with van der Waals surface area (Å²) >= 11 is 0. The highest BCUT2D eigenvalue weighted by molar-refractivity contribution is 7.89. The van der Waals surface area contributed by atoms with Gasteiger partial charge in [-0.2, -0.15) is 0 Å². The minimum atomic E-state index is -3.76. The lowest BCUT2D eigenvalue weighted by atomic mass is 9.95. The Kier molecular flexibility index (Phi) is 5.66. The van der Waals surface area contributed by atoms with Crippen molar-refractivity contribution in [2.24, 2.45) is 0 Å². The van der Waals surface area contributed by atoms with Crippen LogP contribution >= 0.6 is 0 Å². The predicted octanol–water partition coefficient (Wildman–Crippen LogP) is 0.921. The maximum Gasteiger partial charge on any atom is 0.258 e. The van der Waals surface area contributed by atoms with Crippen LogP contribution in [0.5, 0.6) is 0 Å². The number of fused-ring (bicyclic) bond motifs is 1. The monoisotopic (exact) mass is 348 g/mol. The van der Waals surface area contributed by atoms with E-state index in [1.54, 1.807) is 0 Å². The Hall–Kier alpha value is -1.58. The number of alkyl halides is 2. The second-order valence-electron chi connectivity index (χ2n) is 5.18. The minimum absolute atomic E-state index is 0.0274. The van der Waals surface area contributed by atoms with Gasteiger partial charge in [-0.25, -0.2) is 21.9 Å². The first-order valence-corrected chi connectivity index (χ1v) is 8.54. The highest BCUT2D eigenvalue weighted by Crippen LogP contribution is 2.23.